The topological polar surface area (TPSA) is 60.1 Å². The van der Waals surface area contributed by atoms with Crippen molar-refractivity contribution in [2.24, 2.45) is 0 Å². The molecule has 6 heteroatoms. The molecule has 0 saturated heterocycles. The number of hydrogen-bond donors (Lipinski definition) is 1. The third-order valence-corrected chi connectivity index (χ3v) is 4.12. The van der Waals surface area contributed by atoms with Crippen molar-refractivity contribution in [3.05, 3.63) is 62.4 Å². The van der Waals surface area contributed by atoms with Crippen molar-refractivity contribution in [1.82, 2.24) is 9.88 Å². The molecule has 112 valence electrons. The zero-order valence-corrected chi connectivity index (χ0v) is 13.6. The molecule has 2 rings (SSSR count). The van der Waals surface area contributed by atoms with Gasteiger partial charge in [0.1, 0.15) is 0 Å². The van der Waals surface area contributed by atoms with Crippen LogP contribution in [0.2, 0.25) is 0 Å². The molecule has 0 aliphatic rings. The van der Waals surface area contributed by atoms with Gasteiger partial charge in [-0.3, -0.25) is 10.1 Å². The van der Waals surface area contributed by atoms with Crippen LogP contribution < -0.4 is 5.32 Å². The molecule has 1 unspecified atom stereocenters. The van der Waals surface area contributed by atoms with E-state index in [1.807, 2.05) is 6.20 Å². The van der Waals surface area contributed by atoms with Gasteiger partial charge in [0.25, 0.3) is 5.69 Å². The molecule has 0 spiro atoms. The van der Waals surface area contributed by atoms with Gasteiger partial charge in [-0.05, 0) is 36.7 Å². The Bertz CT molecular complexity index is 640. The SMILES string of the molecule is CCNC(C)c1ccn(Cc2ccc([N+](=O)[O-])cc2Br)c1. The number of halogens is 1. The van der Waals surface area contributed by atoms with Crippen molar-refractivity contribution in [3.63, 3.8) is 0 Å². The number of nitrogens with zero attached hydrogens (tertiary/aromatic N) is 2. The van der Waals surface area contributed by atoms with E-state index in [0.29, 0.717) is 12.6 Å². The van der Waals surface area contributed by atoms with E-state index in [4.69, 9.17) is 0 Å². The minimum Gasteiger partial charge on any atom is -0.350 e. The molecule has 21 heavy (non-hydrogen) atoms. The van der Waals surface area contributed by atoms with E-state index in [1.165, 1.54) is 11.6 Å². The standard InChI is InChI=1S/C15H18BrN3O2/c1-3-17-11(2)12-6-7-18(9-12)10-13-4-5-14(19(20)21)8-15(13)16/h4-9,11,17H,3,10H2,1-2H3. The average molecular weight is 352 g/mol. The average Bonchev–Trinajstić information content (AvgIpc) is 2.90. The number of benzene rings is 1. The fraction of sp³-hybridized carbons (Fsp3) is 0.333. The Labute approximate surface area is 132 Å². The largest absolute Gasteiger partial charge is 0.350 e. The zero-order chi connectivity index (χ0) is 15.4. The van der Waals surface area contributed by atoms with Crippen LogP contribution in [0.4, 0.5) is 5.69 Å². The first-order valence-corrected chi connectivity index (χ1v) is 7.62. The summed E-state index contributed by atoms with van der Waals surface area (Å²) in [5.74, 6) is 0. The lowest BCUT2D eigenvalue weighted by molar-refractivity contribution is -0.384. The number of non-ortho nitro benzene ring substituents is 1. The number of nitro benzene ring substituents is 1. The molecular formula is C15H18BrN3O2. The molecule has 0 amide bonds. The van der Waals surface area contributed by atoms with Gasteiger partial charge in [-0.25, -0.2) is 0 Å². The van der Waals surface area contributed by atoms with Crippen molar-refractivity contribution in [2.75, 3.05) is 6.54 Å². The van der Waals surface area contributed by atoms with Crippen LogP contribution in [-0.4, -0.2) is 16.0 Å². The van der Waals surface area contributed by atoms with Crippen molar-refractivity contribution < 1.29 is 4.92 Å². The predicted molar refractivity (Wildman–Crippen MR) is 86.4 cm³/mol. The quantitative estimate of drug-likeness (QED) is 0.634. The number of nitro groups is 1. The van der Waals surface area contributed by atoms with Crippen LogP contribution in [-0.2, 0) is 6.54 Å². The summed E-state index contributed by atoms with van der Waals surface area (Å²) >= 11 is 3.40. The molecule has 0 radical (unpaired) electrons. The van der Waals surface area contributed by atoms with Gasteiger partial charge < -0.3 is 9.88 Å². The van der Waals surface area contributed by atoms with Crippen molar-refractivity contribution in [1.29, 1.82) is 0 Å². The Balaban J connectivity index is 2.13. The Morgan fingerprint density at radius 1 is 1.43 bits per heavy atom. The lowest BCUT2D eigenvalue weighted by Gasteiger charge is -2.10. The predicted octanol–water partition coefficient (Wildman–Crippen LogP) is 3.88. The molecule has 1 aromatic heterocycles. The molecule has 0 saturated carbocycles. The van der Waals surface area contributed by atoms with Crippen LogP contribution in [0.5, 0.6) is 0 Å². The number of aromatic nitrogens is 1. The molecular weight excluding hydrogens is 334 g/mol. The maximum Gasteiger partial charge on any atom is 0.270 e. The molecule has 0 aliphatic carbocycles. The summed E-state index contributed by atoms with van der Waals surface area (Å²) < 4.78 is 2.83. The van der Waals surface area contributed by atoms with Crippen LogP contribution >= 0.6 is 15.9 Å². The van der Waals surface area contributed by atoms with E-state index < -0.39 is 0 Å². The van der Waals surface area contributed by atoms with Crippen LogP contribution in [0.25, 0.3) is 0 Å². The summed E-state index contributed by atoms with van der Waals surface area (Å²) in [4.78, 5) is 10.3. The Hall–Kier alpha value is -1.66. The molecule has 1 atom stereocenters. The van der Waals surface area contributed by atoms with Crippen LogP contribution in [0, 0.1) is 10.1 Å². The molecule has 0 fully saturated rings. The second-order valence-electron chi connectivity index (χ2n) is 4.93. The van der Waals surface area contributed by atoms with E-state index in [1.54, 1.807) is 12.1 Å². The summed E-state index contributed by atoms with van der Waals surface area (Å²) in [6, 6.07) is 7.27. The highest BCUT2D eigenvalue weighted by molar-refractivity contribution is 9.10. The fourth-order valence-corrected chi connectivity index (χ4v) is 2.70. The van der Waals surface area contributed by atoms with Crippen molar-refractivity contribution >= 4 is 21.6 Å². The third kappa shape index (κ3) is 3.92. The minimum atomic E-state index is -0.388. The molecule has 5 nitrogen and oxygen atoms in total. The van der Waals surface area contributed by atoms with Gasteiger partial charge in [0.05, 0.1) is 4.92 Å². The summed E-state index contributed by atoms with van der Waals surface area (Å²) in [5.41, 5.74) is 2.34. The maximum absolute atomic E-state index is 10.7. The Morgan fingerprint density at radius 2 is 2.19 bits per heavy atom. The van der Waals surface area contributed by atoms with E-state index in [9.17, 15) is 10.1 Å². The first kappa shape index (κ1) is 15.7. The number of nitrogens with one attached hydrogen (secondary N) is 1. The Morgan fingerprint density at radius 3 is 2.81 bits per heavy atom. The summed E-state index contributed by atoms with van der Waals surface area (Å²) in [6.45, 7) is 5.82. The monoisotopic (exact) mass is 351 g/mol. The van der Waals surface area contributed by atoms with Crippen LogP contribution in [0.15, 0.2) is 41.1 Å². The van der Waals surface area contributed by atoms with Crippen LogP contribution in [0.3, 0.4) is 0 Å². The number of hydrogen-bond acceptors (Lipinski definition) is 3. The van der Waals surface area contributed by atoms with E-state index in [0.717, 1.165) is 16.6 Å². The molecule has 1 aromatic carbocycles. The normalized spacial score (nSPS) is 12.3. The van der Waals surface area contributed by atoms with E-state index >= 15 is 0 Å². The second kappa shape index (κ2) is 6.87. The molecule has 0 aliphatic heterocycles. The third-order valence-electron chi connectivity index (χ3n) is 3.38. The maximum atomic E-state index is 10.7. The van der Waals surface area contributed by atoms with Gasteiger partial charge >= 0.3 is 0 Å². The summed E-state index contributed by atoms with van der Waals surface area (Å²) in [6.07, 6.45) is 4.12. The second-order valence-corrected chi connectivity index (χ2v) is 5.78. The Kier molecular flexibility index (Phi) is 5.14. The van der Waals surface area contributed by atoms with Gasteiger partial charge in [0.2, 0.25) is 0 Å². The summed E-state index contributed by atoms with van der Waals surface area (Å²) in [7, 11) is 0. The van der Waals surface area contributed by atoms with Gasteiger partial charge in [-0.15, -0.1) is 0 Å². The highest BCUT2D eigenvalue weighted by atomic mass is 79.9. The van der Waals surface area contributed by atoms with E-state index in [2.05, 4.69) is 51.9 Å². The summed E-state index contributed by atoms with van der Waals surface area (Å²) in [5, 5.41) is 14.1. The van der Waals surface area contributed by atoms with Crippen molar-refractivity contribution in [2.45, 2.75) is 26.4 Å². The first-order valence-electron chi connectivity index (χ1n) is 6.83. The first-order chi connectivity index (χ1) is 10.0. The highest BCUT2D eigenvalue weighted by Crippen LogP contribution is 2.24. The highest BCUT2D eigenvalue weighted by Gasteiger charge is 2.10. The molecule has 1 heterocycles. The molecule has 0 bridgehead atoms. The smallest absolute Gasteiger partial charge is 0.270 e. The van der Waals surface area contributed by atoms with Crippen LogP contribution in [0.1, 0.15) is 31.0 Å². The van der Waals surface area contributed by atoms with Gasteiger partial charge in [0.15, 0.2) is 0 Å². The fourth-order valence-electron chi connectivity index (χ4n) is 2.21. The molecule has 2 aromatic rings. The van der Waals surface area contributed by atoms with Crippen molar-refractivity contribution in [3.8, 4) is 0 Å². The number of rotatable bonds is 6. The molecule has 1 N–H and O–H groups in total. The lowest BCUT2D eigenvalue weighted by Crippen LogP contribution is -2.17. The van der Waals surface area contributed by atoms with E-state index in [-0.39, 0.29) is 10.6 Å². The van der Waals surface area contributed by atoms with Gasteiger partial charge in [-0.2, -0.15) is 0 Å². The lowest BCUT2D eigenvalue weighted by atomic mass is 10.2. The minimum absolute atomic E-state index is 0.0968. The van der Waals surface area contributed by atoms with Gasteiger partial charge in [0, 0.05) is 41.6 Å². The van der Waals surface area contributed by atoms with Gasteiger partial charge in [-0.1, -0.05) is 22.9 Å². The zero-order valence-electron chi connectivity index (χ0n) is 12.0.